The highest BCUT2D eigenvalue weighted by atomic mass is 35.5. The van der Waals surface area contributed by atoms with Crippen molar-refractivity contribution in [2.45, 2.75) is 20.3 Å². The number of benzene rings is 2. The molecule has 2 aromatic carbocycles. The lowest BCUT2D eigenvalue weighted by Crippen LogP contribution is -2.03. The monoisotopic (exact) mass is 459 g/mol. The van der Waals surface area contributed by atoms with E-state index < -0.39 is 0 Å². The molecule has 0 saturated carbocycles. The summed E-state index contributed by atoms with van der Waals surface area (Å²) in [5.41, 5.74) is 4.98. The Bertz CT molecular complexity index is 1440. The molecule has 3 aromatic heterocycles. The molecule has 0 fully saturated rings. The Kier molecular flexibility index (Phi) is 5.79. The largest absolute Gasteiger partial charge is 0.494 e. The highest BCUT2D eigenvalue weighted by Gasteiger charge is 2.18. The summed E-state index contributed by atoms with van der Waals surface area (Å²) < 4.78 is 13.7. The van der Waals surface area contributed by atoms with Crippen LogP contribution >= 0.6 is 11.6 Å². The smallest absolute Gasteiger partial charge is 0.183 e. The SMILES string of the molecule is CCOc1ccc(Cl)c(-c2nnc3c(C)nc4ccc(OCCc5cccnc5)cc4n23)c1. The maximum absolute atomic E-state index is 6.56. The van der Waals surface area contributed by atoms with Gasteiger partial charge in [-0.25, -0.2) is 4.98 Å². The number of pyridine rings is 1. The van der Waals surface area contributed by atoms with Crippen LogP contribution in [0.15, 0.2) is 60.9 Å². The van der Waals surface area contributed by atoms with Crippen molar-refractivity contribution in [3.63, 3.8) is 0 Å². The van der Waals surface area contributed by atoms with Gasteiger partial charge in [0, 0.05) is 30.4 Å². The van der Waals surface area contributed by atoms with Crippen molar-refractivity contribution in [2.24, 2.45) is 0 Å². The maximum atomic E-state index is 6.56. The Morgan fingerprint density at radius 3 is 2.67 bits per heavy atom. The molecule has 0 aliphatic heterocycles. The van der Waals surface area contributed by atoms with Gasteiger partial charge in [-0.2, -0.15) is 0 Å². The molecule has 8 heteroatoms. The minimum Gasteiger partial charge on any atom is -0.494 e. The molecule has 0 radical (unpaired) electrons. The van der Waals surface area contributed by atoms with E-state index in [0.717, 1.165) is 45.8 Å². The number of ether oxygens (including phenoxy) is 2. The molecule has 0 amide bonds. The van der Waals surface area contributed by atoms with Crippen molar-refractivity contribution in [1.82, 2.24) is 24.6 Å². The Balaban J connectivity index is 1.57. The lowest BCUT2D eigenvalue weighted by atomic mass is 10.2. The number of nitrogens with zero attached hydrogens (tertiary/aromatic N) is 5. The third-order valence-corrected chi connectivity index (χ3v) is 5.66. The molecule has 0 bridgehead atoms. The van der Waals surface area contributed by atoms with E-state index in [9.17, 15) is 0 Å². The van der Waals surface area contributed by atoms with E-state index in [1.165, 1.54) is 0 Å². The number of rotatable bonds is 7. The molecular formula is C25H22ClN5O2. The van der Waals surface area contributed by atoms with Gasteiger partial charge in [0.15, 0.2) is 11.5 Å². The van der Waals surface area contributed by atoms with Gasteiger partial charge >= 0.3 is 0 Å². The van der Waals surface area contributed by atoms with Crippen LogP contribution in [0.1, 0.15) is 18.2 Å². The van der Waals surface area contributed by atoms with Gasteiger partial charge in [0.05, 0.1) is 35.0 Å². The van der Waals surface area contributed by atoms with Crippen LogP contribution in [0, 0.1) is 6.92 Å². The fraction of sp³-hybridized carbons (Fsp3) is 0.200. The number of hydrogen-bond donors (Lipinski definition) is 0. The molecule has 0 aliphatic carbocycles. The van der Waals surface area contributed by atoms with Gasteiger partial charge in [0.25, 0.3) is 0 Å². The predicted octanol–water partition coefficient (Wildman–Crippen LogP) is 5.32. The van der Waals surface area contributed by atoms with E-state index in [1.807, 2.05) is 73.0 Å². The zero-order valence-corrected chi connectivity index (χ0v) is 19.1. The molecule has 0 aliphatic rings. The van der Waals surface area contributed by atoms with Gasteiger partial charge in [-0.3, -0.25) is 9.38 Å². The van der Waals surface area contributed by atoms with Crippen molar-refractivity contribution in [2.75, 3.05) is 13.2 Å². The third kappa shape index (κ3) is 4.19. The molecule has 3 heterocycles. The van der Waals surface area contributed by atoms with Crippen molar-refractivity contribution in [3.05, 3.63) is 77.2 Å². The first kappa shape index (κ1) is 21.2. The van der Waals surface area contributed by atoms with Crippen molar-refractivity contribution < 1.29 is 9.47 Å². The van der Waals surface area contributed by atoms with Crippen LogP contribution in [0.3, 0.4) is 0 Å². The third-order valence-electron chi connectivity index (χ3n) is 5.33. The van der Waals surface area contributed by atoms with Crippen LogP contribution in [0.4, 0.5) is 0 Å². The number of hydrogen-bond acceptors (Lipinski definition) is 6. The summed E-state index contributed by atoms with van der Waals surface area (Å²) in [6.07, 6.45) is 4.38. The first-order chi connectivity index (χ1) is 16.1. The second-order valence-electron chi connectivity index (χ2n) is 7.56. The van der Waals surface area contributed by atoms with Crippen LogP contribution in [0.5, 0.6) is 11.5 Å². The van der Waals surface area contributed by atoms with Gasteiger partial charge in [-0.05, 0) is 55.8 Å². The van der Waals surface area contributed by atoms with Gasteiger partial charge in [0.2, 0.25) is 0 Å². The van der Waals surface area contributed by atoms with Crippen LogP contribution in [0.2, 0.25) is 5.02 Å². The molecule has 0 atom stereocenters. The molecule has 166 valence electrons. The molecule has 5 rings (SSSR count). The number of aromatic nitrogens is 5. The summed E-state index contributed by atoms with van der Waals surface area (Å²) in [7, 11) is 0. The van der Waals surface area contributed by atoms with E-state index in [1.54, 1.807) is 6.20 Å². The summed E-state index contributed by atoms with van der Waals surface area (Å²) in [6, 6.07) is 15.3. The van der Waals surface area contributed by atoms with E-state index in [2.05, 4.69) is 15.2 Å². The molecule has 0 unspecified atom stereocenters. The van der Waals surface area contributed by atoms with E-state index in [-0.39, 0.29) is 0 Å². The van der Waals surface area contributed by atoms with Crippen LogP contribution < -0.4 is 9.47 Å². The lowest BCUT2D eigenvalue weighted by Gasteiger charge is -2.11. The van der Waals surface area contributed by atoms with Crippen molar-refractivity contribution in [1.29, 1.82) is 0 Å². The predicted molar refractivity (Wildman–Crippen MR) is 128 cm³/mol. The molecule has 0 spiro atoms. The molecule has 33 heavy (non-hydrogen) atoms. The van der Waals surface area contributed by atoms with Crippen LogP contribution in [0.25, 0.3) is 28.1 Å². The van der Waals surface area contributed by atoms with Crippen LogP contribution in [-0.4, -0.2) is 37.8 Å². The van der Waals surface area contributed by atoms with Crippen molar-refractivity contribution >= 4 is 28.3 Å². The Hall–Kier alpha value is -3.71. The highest BCUT2D eigenvalue weighted by Crippen LogP contribution is 2.33. The first-order valence-electron chi connectivity index (χ1n) is 10.7. The summed E-state index contributed by atoms with van der Waals surface area (Å²) >= 11 is 6.56. The zero-order valence-electron chi connectivity index (χ0n) is 18.3. The summed E-state index contributed by atoms with van der Waals surface area (Å²) in [5.74, 6) is 2.09. The summed E-state index contributed by atoms with van der Waals surface area (Å²) in [6.45, 7) is 4.97. The quantitative estimate of drug-likeness (QED) is 0.328. The average molecular weight is 460 g/mol. The molecule has 5 aromatic rings. The van der Waals surface area contributed by atoms with Crippen LogP contribution in [-0.2, 0) is 6.42 Å². The van der Waals surface area contributed by atoms with E-state index in [4.69, 9.17) is 26.1 Å². The van der Waals surface area contributed by atoms with E-state index in [0.29, 0.717) is 29.7 Å². The fourth-order valence-electron chi connectivity index (χ4n) is 3.78. The minimum absolute atomic E-state index is 0.539. The zero-order chi connectivity index (χ0) is 22.8. The Labute approximate surface area is 196 Å². The lowest BCUT2D eigenvalue weighted by molar-refractivity contribution is 0.322. The van der Waals surface area contributed by atoms with E-state index >= 15 is 0 Å². The highest BCUT2D eigenvalue weighted by molar-refractivity contribution is 6.33. The number of halogens is 1. The summed E-state index contributed by atoms with van der Waals surface area (Å²) in [4.78, 5) is 8.85. The molecular weight excluding hydrogens is 438 g/mol. The molecule has 0 saturated heterocycles. The topological polar surface area (TPSA) is 74.4 Å². The standard InChI is InChI=1S/C25H22ClN5O2/c1-3-32-18-6-8-21(26)20(13-18)25-30-29-24-16(2)28-22-9-7-19(14-23(22)31(24)25)33-12-10-17-5-4-11-27-15-17/h4-9,11,13-15H,3,10,12H2,1-2H3. The second-order valence-corrected chi connectivity index (χ2v) is 7.97. The average Bonchev–Trinajstić information content (AvgIpc) is 3.28. The van der Waals surface area contributed by atoms with Gasteiger partial charge in [-0.15, -0.1) is 10.2 Å². The number of fused-ring (bicyclic) bond motifs is 3. The Morgan fingerprint density at radius 1 is 1.00 bits per heavy atom. The maximum Gasteiger partial charge on any atom is 0.183 e. The van der Waals surface area contributed by atoms with Gasteiger partial charge < -0.3 is 9.47 Å². The van der Waals surface area contributed by atoms with Gasteiger partial charge in [0.1, 0.15) is 11.5 Å². The number of aryl methyl sites for hydroxylation is 1. The molecule has 0 N–H and O–H groups in total. The normalized spacial score (nSPS) is 11.2. The fourth-order valence-corrected chi connectivity index (χ4v) is 3.99. The van der Waals surface area contributed by atoms with Crippen molar-refractivity contribution in [3.8, 4) is 22.9 Å². The second kappa shape index (κ2) is 9.03. The minimum atomic E-state index is 0.539. The molecule has 7 nitrogen and oxygen atoms in total. The first-order valence-corrected chi connectivity index (χ1v) is 11.1. The van der Waals surface area contributed by atoms with Gasteiger partial charge in [-0.1, -0.05) is 17.7 Å². The Morgan fingerprint density at radius 2 is 1.85 bits per heavy atom. The summed E-state index contributed by atoms with van der Waals surface area (Å²) in [5, 5.41) is 9.42.